The molecule has 3 aromatic heterocycles. The van der Waals surface area contributed by atoms with Crippen LogP contribution < -0.4 is 20.3 Å². The van der Waals surface area contributed by atoms with Crippen LogP contribution in [0.1, 0.15) is 11.4 Å². The number of pyridine rings is 1. The minimum absolute atomic E-state index is 0.119. The maximum absolute atomic E-state index is 11.6. The summed E-state index contributed by atoms with van der Waals surface area (Å²) in [4.78, 5) is 26.3. The van der Waals surface area contributed by atoms with Crippen molar-refractivity contribution in [1.82, 2.24) is 24.7 Å². The van der Waals surface area contributed by atoms with E-state index >= 15 is 0 Å². The molecule has 4 heterocycles. The lowest BCUT2D eigenvalue weighted by Gasteiger charge is -2.22. The third-order valence-corrected chi connectivity index (χ3v) is 6.88. The standard InChI is InChI=1S/C24H24BrN9O3/c1-13-22(34(35)36)17(5-7-26-13)29-23-16(25)12-27-24(31-23)30-18-9-14-15-11-28-33(3)19(15)6-8-32(2)20(14)10-21(18)37-4/h5,7,9-12H,6,8H2,1-4H3,(H2,26,27,29,30,31). The van der Waals surface area contributed by atoms with E-state index in [9.17, 15) is 10.1 Å². The van der Waals surface area contributed by atoms with Gasteiger partial charge in [0.2, 0.25) is 5.95 Å². The van der Waals surface area contributed by atoms with Gasteiger partial charge in [-0.3, -0.25) is 19.8 Å². The number of likely N-dealkylation sites (N-methyl/N-ethyl adjacent to an activating group) is 1. The Morgan fingerprint density at radius 1 is 1.14 bits per heavy atom. The van der Waals surface area contributed by atoms with Crippen molar-refractivity contribution >= 4 is 50.4 Å². The fourth-order valence-electron chi connectivity index (χ4n) is 4.40. The fourth-order valence-corrected chi connectivity index (χ4v) is 4.69. The van der Waals surface area contributed by atoms with E-state index in [1.165, 1.54) is 12.3 Å². The Bertz CT molecular complexity index is 1520. The molecule has 2 N–H and O–H groups in total. The number of aromatic nitrogens is 5. The van der Waals surface area contributed by atoms with Crippen molar-refractivity contribution in [3.8, 4) is 16.9 Å². The lowest BCUT2D eigenvalue weighted by molar-refractivity contribution is -0.384. The molecule has 13 heteroatoms. The first-order valence-electron chi connectivity index (χ1n) is 11.4. The monoisotopic (exact) mass is 565 g/mol. The normalized spacial score (nSPS) is 12.4. The summed E-state index contributed by atoms with van der Waals surface area (Å²) in [5, 5.41) is 22.3. The van der Waals surface area contributed by atoms with Crippen LogP contribution in [-0.2, 0) is 13.5 Å². The van der Waals surface area contributed by atoms with E-state index in [4.69, 9.17) is 4.74 Å². The molecule has 4 aromatic rings. The van der Waals surface area contributed by atoms with Crippen LogP contribution >= 0.6 is 15.9 Å². The average Bonchev–Trinajstić information content (AvgIpc) is 3.17. The lowest BCUT2D eigenvalue weighted by Crippen LogP contribution is -2.20. The Hall–Kier alpha value is -4.26. The third kappa shape index (κ3) is 4.53. The zero-order valence-electron chi connectivity index (χ0n) is 20.6. The first-order chi connectivity index (χ1) is 17.8. The second-order valence-corrected chi connectivity index (χ2v) is 9.41. The van der Waals surface area contributed by atoms with E-state index in [1.54, 1.807) is 20.2 Å². The number of anilines is 5. The number of ether oxygens (including phenoxy) is 1. The van der Waals surface area contributed by atoms with Crippen molar-refractivity contribution < 1.29 is 9.66 Å². The number of halogens is 1. The Labute approximate surface area is 221 Å². The molecule has 190 valence electrons. The Morgan fingerprint density at radius 3 is 2.70 bits per heavy atom. The molecule has 0 aliphatic carbocycles. The van der Waals surface area contributed by atoms with Gasteiger partial charge < -0.3 is 20.3 Å². The second kappa shape index (κ2) is 9.65. The van der Waals surface area contributed by atoms with Crippen molar-refractivity contribution in [3.63, 3.8) is 0 Å². The highest BCUT2D eigenvalue weighted by molar-refractivity contribution is 9.10. The number of nitrogens with one attached hydrogen (secondary N) is 2. The zero-order chi connectivity index (χ0) is 26.3. The summed E-state index contributed by atoms with van der Waals surface area (Å²) in [6, 6.07) is 5.53. The molecule has 1 aliphatic rings. The summed E-state index contributed by atoms with van der Waals surface area (Å²) >= 11 is 3.43. The SMILES string of the molecule is COc1cc2c(cc1Nc1ncc(Br)c(Nc3ccnc(C)c3[N+](=O)[O-])n1)-c1cnn(C)c1CCN2C. The largest absolute Gasteiger partial charge is 0.494 e. The number of hydrogen-bond donors (Lipinski definition) is 2. The van der Waals surface area contributed by atoms with E-state index in [1.807, 2.05) is 30.1 Å². The van der Waals surface area contributed by atoms with Gasteiger partial charge in [0.15, 0.2) is 5.82 Å². The maximum atomic E-state index is 11.6. The van der Waals surface area contributed by atoms with E-state index in [0.29, 0.717) is 27.4 Å². The fraction of sp³-hybridized carbons (Fsp3) is 0.250. The van der Waals surface area contributed by atoms with Crippen LogP contribution in [0.5, 0.6) is 5.75 Å². The maximum Gasteiger partial charge on any atom is 0.313 e. The van der Waals surface area contributed by atoms with Gasteiger partial charge >= 0.3 is 5.69 Å². The van der Waals surface area contributed by atoms with Crippen LogP contribution in [0, 0.1) is 17.0 Å². The molecular weight excluding hydrogens is 542 g/mol. The molecule has 0 unspecified atom stereocenters. The number of aryl methyl sites for hydroxylation is 2. The number of hydrogen-bond acceptors (Lipinski definition) is 10. The highest BCUT2D eigenvalue weighted by Crippen LogP contribution is 2.42. The van der Waals surface area contributed by atoms with Crippen LogP contribution in [0.25, 0.3) is 11.1 Å². The zero-order valence-corrected chi connectivity index (χ0v) is 22.2. The predicted octanol–water partition coefficient (Wildman–Crippen LogP) is 4.74. The van der Waals surface area contributed by atoms with Gasteiger partial charge in [0.05, 0.1) is 28.4 Å². The molecule has 0 atom stereocenters. The first-order valence-corrected chi connectivity index (χ1v) is 12.2. The summed E-state index contributed by atoms with van der Waals surface area (Å²) < 4.78 is 8.15. The molecule has 0 fully saturated rings. The predicted molar refractivity (Wildman–Crippen MR) is 144 cm³/mol. The topological polar surface area (TPSA) is 136 Å². The molecule has 0 bridgehead atoms. The molecule has 5 rings (SSSR count). The van der Waals surface area contributed by atoms with Crippen LogP contribution in [0.15, 0.2) is 41.3 Å². The minimum atomic E-state index is -0.469. The van der Waals surface area contributed by atoms with Gasteiger partial charge in [-0.1, -0.05) is 0 Å². The average molecular weight is 566 g/mol. The van der Waals surface area contributed by atoms with Gasteiger partial charge in [0.25, 0.3) is 0 Å². The molecule has 1 aliphatic heterocycles. The summed E-state index contributed by atoms with van der Waals surface area (Å²) in [7, 11) is 5.62. The molecule has 0 radical (unpaired) electrons. The number of nitrogens with zero attached hydrogens (tertiary/aromatic N) is 7. The van der Waals surface area contributed by atoms with Gasteiger partial charge in [-0.2, -0.15) is 10.1 Å². The number of methoxy groups -OCH3 is 1. The van der Waals surface area contributed by atoms with E-state index < -0.39 is 4.92 Å². The van der Waals surface area contributed by atoms with Crippen LogP contribution in [0.2, 0.25) is 0 Å². The van der Waals surface area contributed by atoms with E-state index in [0.717, 1.165) is 35.5 Å². The van der Waals surface area contributed by atoms with Gasteiger partial charge in [-0.25, -0.2) is 4.98 Å². The number of fused-ring (bicyclic) bond motifs is 3. The van der Waals surface area contributed by atoms with Crippen LogP contribution in [0.3, 0.4) is 0 Å². The summed E-state index contributed by atoms with van der Waals surface area (Å²) in [6.07, 6.45) is 5.82. The second-order valence-electron chi connectivity index (χ2n) is 8.56. The van der Waals surface area contributed by atoms with Crippen molar-refractivity contribution in [1.29, 1.82) is 0 Å². The number of nitro groups is 1. The highest BCUT2D eigenvalue weighted by atomic mass is 79.9. The van der Waals surface area contributed by atoms with Gasteiger partial charge in [-0.05, 0) is 35.0 Å². The minimum Gasteiger partial charge on any atom is -0.494 e. The van der Waals surface area contributed by atoms with E-state index in [-0.39, 0.29) is 17.3 Å². The molecule has 12 nitrogen and oxygen atoms in total. The highest BCUT2D eigenvalue weighted by Gasteiger charge is 2.24. The molecule has 37 heavy (non-hydrogen) atoms. The van der Waals surface area contributed by atoms with Crippen LogP contribution in [-0.4, -0.2) is 50.4 Å². The smallest absolute Gasteiger partial charge is 0.313 e. The van der Waals surface area contributed by atoms with E-state index in [2.05, 4.69) is 58.6 Å². The first kappa shape index (κ1) is 24.4. The molecule has 0 spiro atoms. The molecule has 0 amide bonds. The Balaban J connectivity index is 1.53. The van der Waals surface area contributed by atoms with Crippen molar-refractivity contribution in [2.45, 2.75) is 13.3 Å². The third-order valence-electron chi connectivity index (χ3n) is 6.30. The van der Waals surface area contributed by atoms with Crippen molar-refractivity contribution in [2.24, 2.45) is 7.05 Å². The van der Waals surface area contributed by atoms with Gasteiger partial charge in [0, 0.05) is 68.0 Å². The Kier molecular flexibility index (Phi) is 6.38. The number of rotatable bonds is 6. The van der Waals surface area contributed by atoms with Gasteiger partial charge in [-0.15, -0.1) is 0 Å². The molecule has 0 saturated heterocycles. The molecule has 1 aromatic carbocycles. The lowest BCUT2D eigenvalue weighted by atomic mass is 10.0. The quantitative estimate of drug-likeness (QED) is 0.249. The van der Waals surface area contributed by atoms with Gasteiger partial charge in [0.1, 0.15) is 17.1 Å². The number of benzene rings is 1. The Morgan fingerprint density at radius 2 is 1.95 bits per heavy atom. The van der Waals surface area contributed by atoms with Crippen LogP contribution in [0.4, 0.5) is 34.5 Å². The summed E-state index contributed by atoms with van der Waals surface area (Å²) in [6.45, 7) is 2.43. The van der Waals surface area contributed by atoms with Crippen molar-refractivity contribution in [3.05, 3.63) is 62.8 Å². The molecular formula is C24H24BrN9O3. The summed E-state index contributed by atoms with van der Waals surface area (Å²) in [5.74, 6) is 1.26. The van der Waals surface area contributed by atoms with Crippen molar-refractivity contribution in [2.75, 3.05) is 36.2 Å². The molecule has 0 saturated carbocycles. The summed E-state index contributed by atoms with van der Waals surface area (Å²) in [5.41, 5.74) is 5.40.